The van der Waals surface area contributed by atoms with Crippen molar-refractivity contribution >= 4 is 6.41 Å². The average molecular weight is 102 g/mol. The van der Waals surface area contributed by atoms with E-state index >= 15 is 0 Å². The molecule has 3 nitrogen and oxygen atoms in total. The lowest BCUT2D eigenvalue weighted by molar-refractivity contribution is -0.110. The molecule has 0 atom stereocenters. The van der Waals surface area contributed by atoms with Crippen LogP contribution >= 0.6 is 0 Å². The zero-order chi connectivity index (χ0) is 5.70. The number of hydrogen-bond acceptors (Lipinski definition) is 2. The molecule has 0 aliphatic rings. The van der Waals surface area contributed by atoms with Crippen molar-refractivity contribution in [1.29, 1.82) is 0 Å². The van der Waals surface area contributed by atoms with Gasteiger partial charge in [-0.2, -0.15) is 0 Å². The number of rotatable bonds is 3. The Balaban J connectivity index is 2.81. The second-order valence-corrected chi connectivity index (χ2v) is 1.56. The van der Waals surface area contributed by atoms with Gasteiger partial charge in [0.05, 0.1) is 6.67 Å². The molecular formula is C4H10N2O. The van der Waals surface area contributed by atoms with Gasteiger partial charge >= 0.3 is 0 Å². The highest BCUT2D eigenvalue weighted by Gasteiger charge is 1.80. The highest BCUT2D eigenvalue weighted by atomic mass is 16.1. The molecule has 7 heavy (non-hydrogen) atoms. The van der Waals surface area contributed by atoms with Gasteiger partial charge in [0, 0.05) is 0 Å². The van der Waals surface area contributed by atoms with E-state index in [1.165, 1.54) is 0 Å². The molecule has 0 aliphatic heterocycles. The van der Waals surface area contributed by atoms with Crippen molar-refractivity contribution in [2.45, 2.75) is 0 Å². The van der Waals surface area contributed by atoms with Crippen molar-refractivity contribution in [1.82, 2.24) is 10.2 Å². The standard InChI is InChI=1S/C4H10N2O/c1-6(2)3-5-4-7/h4H,3H2,1-2H3,(H,5,7). The minimum atomic E-state index is 0.615. The Labute approximate surface area is 43.3 Å². The zero-order valence-electron chi connectivity index (χ0n) is 4.64. The molecule has 0 bridgehead atoms. The normalized spacial score (nSPS) is 9.00. The summed E-state index contributed by atoms with van der Waals surface area (Å²) in [5, 5.41) is 2.49. The van der Waals surface area contributed by atoms with Crippen LogP contribution in [0.5, 0.6) is 0 Å². The minimum Gasteiger partial charge on any atom is -0.346 e. The SMILES string of the molecule is CN(C)CNC=O. The maximum absolute atomic E-state index is 9.57. The summed E-state index contributed by atoms with van der Waals surface area (Å²) in [6, 6.07) is 0. The maximum Gasteiger partial charge on any atom is 0.208 e. The predicted octanol–water partition coefficient (Wildman–Crippen LogP) is -0.749. The first-order valence-corrected chi connectivity index (χ1v) is 2.09. The molecule has 3 heteroatoms. The summed E-state index contributed by atoms with van der Waals surface area (Å²) in [6.45, 7) is 0.615. The fourth-order valence-electron chi connectivity index (χ4n) is 0.220. The monoisotopic (exact) mass is 102 g/mol. The molecule has 0 saturated carbocycles. The van der Waals surface area contributed by atoms with Crippen LogP contribution in [0.2, 0.25) is 0 Å². The van der Waals surface area contributed by atoms with Crippen molar-refractivity contribution in [2.24, 2.45) is 0 Å². The van der Waals surface area contributed by atoms with E-state index in [1.54, 1.807) is 0 Å². The van der Waals surface area contributed by atoms with Gasteiger partial charge in [-0.15, -0.1) is 0 Å². The summed E-state index contributed by atoms with van der Waals surface area (Å²) >= 11 is 0. The van der Waals surface area contributed by atoms with E-state index in [-0.39, 0.29) is 0 Å². The van der Waals surface area contributed by atoms with Crippen LogP contribution in [0.25, 0.3) is 0 Å². The molecular weight excluding hydrogens is 92.1 g/mol. The lowest BCUT2D eigenvalue weighted by Crippen LogP contribution is -2.26. The van der Waals surface area contributed by atoms with Crippen molar-refractivity contribution < 1.29 is 4.79 Å². The molecule has 0 saturated heterocycles. The second kappa shape index (κ2) is 3.61. The fourth-order valence-corrected chi connectivity index (χ4v) is 0.220. The van der Waals surface area contributed by atoms with Crippen molar-refractivity contribution in [2.75, 3.05) is 20.8 Å². The Morgan fingerprint density at radius 1 is 1.71 bits per heavy atom. The first-order chi connectivity index (χ1) is 3.27. The summed E-state index contributed by atoms with van der Waals surface area (Å²) in [5.41, 5.74) is 0. The summed E-state index contributed by atoms with van der Waals surface area (Å²) in [7, 11) is 3.77. The topological polar surface area (TPSA) is 32.3 Å². The first-order valence-electron chi connectivity index (χ1n) is 2.09. The first kappa shape index (κ1) is 6.43. The van der Waals surface area contributed by atoms with E-state index in [2.05, 4.69) is 5.32 Å². The van der Waals surface area contributed by atoms with Crippen LogP contribution in [0.15, 0.2) is 0 Å². The third-order valence-electron chi connectivity index (χ3n) is 0.491. The second-order valence-electron chi connectivity index (χ2n) is 1.56. The van der Waals surface area contributed by atoms with E-state index < -0.39 is 0 Å². The van der Waals surface area contributed by atoms with Crippen LogP contribution < -0.4 is 5.32 Å². The molecule has 1 amide bonds. The van der Waals surface area contributed by atoms with Crippen molar-refractivity contribution in [3.8, 4) is 0 Å². The molecule has 0 aromatic rings. The summed E-state index contributed by atoms with van der Waals surface area (Å²) in [4.78, 5) is 11.4. The van der Waals surface area contributed by atoms with Crippen LogP contribution in [-0.2, 0) is 4.79 Å². The summed E-state index contributed by atoms with van der Waals surface area (Å²) in [5.74, 6) is 0. The molecule has 0 radical (unpaired) electrons. The molecule has 1 N–H and O–H groups in total. The Kier molecular flexibility index (Phi) is 3.32. The van der Waals surface area contributed by atoms with E-state index in [1.807, 2.05) is 19.0 Å². The van der Waals surface area contributed by atoms with Gasteiger partial charge in [-0.05, 0) is 14.1 Å². The van der Waals surface area contributed by atoms with E-state index in [0.29, 0.717) is 13.1 Å². The zero-order valence-corrected chi connectivity index (χ0v) is 4.64. The smallest absolute Gasteiger partial charge is 0.208 e. The maximum atomic E-state index is 9.57. The molecule has 0 heterocycles. The quantitative estimate of drug-likeness (QED) is 0.375. The van der Waals surface area contributed by atoms with Crippen molar-refractivity contribution in [3.63, 3.8) is 0 Å². The van der Waals surface area contributed by atoms with Gasteiger partial charge in [0.15, 0.2) is 0 Å². The van der Waals surface area contributed by atoms with Gasteiger partial charge in [0.2, 0.25) is 6.41 Å². The minimum absolute atomic E-state index is 0.615. The van der Waals surface area contributed by atoms with Crippen molar-refractivity contribution in [3.05, 3.63) is 0 Å². The molecule has 0 rings (SSSR count). The molecule has 0 fully saturated rings. The molecule has 0 unspecified atom stereocenters. The Morgan fingerprint density at radius 2 is 2.29 bits per heavy atom. The highest BCUT2D eigenvalue weighted by molar-refractivity contribution is 5.45. The third kappa shape index (κ3) is 5.43. The van der Waals surface area contributed by atoms with Gasteiger partial charge in [0.1, 0.15) is 0 Å². The lowest BCUT2D eigenvalue weighted by atomic mass is 10.9. The van der Waals surface area contributed by atoms with Crippen LogP contribution in [0.3, 0.4) is 0 Å². The predicted molar refractivity (Wildman–Crippen MR) is 27.8 cm³/mol. The van der Waals surface area contributed by atoms with E-state index in [9.17, 15) is 4.79 Å². The number of nitrogens with zero attached hydrogens (tertiary/aromatic N) is 1. The summed E-state index contributed by atoms with van der Waals surface area (Å²) in [6.07, 6.45) is 0.681. The van der Waals surface area contributed by atoms with E-state index in [0.717, 1.165) is 0 Å². The lowest BCUT2D eigenvalue weighted by Gasteiger charge is -2.05. The van der Waals surface area contributed by atoms with Gasteiger partial charge in [0.25, 0.3) is 0 Å². The number of nitrogens with one attached hydrogen (secondary N) is 1. The van der Waals surface area contributed by atoms with Gasteiger partial charge < -0.3 is 5.32 Å². The van der Waals surface area contributed by atoms with Crippen LogP contribution in [-0.4, -0.2) is 32.1 Å². The average Bonchev–Trinajstić information content (AvgIpc) is 1.61. The highest BCUT2D eigenvalue weighted by Crippen LogP contribution is 1.61. The number of hydrogen-bond donors (Lipinski definition) is 1. The van der Waals surface area contributed by atoms with Gasteiger partial charge in [-0.1, -0.05) is 0 Å². The van der Waals surface area contributed by atoms with E-state index in [4.69, 9.17) is 0 Å². The van der Waals surface area contributed by atoms with Crippen LogP contribution in [0, 0.1) is 0 Å². The van der Waals surface area contributed by atoms with Gasteiger partial charge in [-0.3, -0.25) is 9.69 Å². The Hall–Kier alpha value is -0.570. The van der Waals surface area contributed by atoms with Crippen LogP contribution in [0.4, 0.5) is 0 Å². The largest absolute Gasteiger partial charge is 0.346 e. The number of carbonyl (C=O) groups excluding carboxylic acids is 1. The molecule has 0 aromatic carbocycles. The molecule has 42 valence electrons. The summed E-state index contributed by atoms with van der Waals surface area (Å²) < 4.78 is 0. The number of carbonyl (C=O) groups is 1. The number of amides is 1. The van der Waals surface area contributed by atoms with Gasteiger partial charge in [-0.25, -0.2) is 0 Å². The molecule has 0 aromatic heterocycles. The molecule has 0 aliphatic carbocycles. The Bertz CT molecular complexity index is 53.7. The molecule has 0 spiro atoms. The fraction of sp³-hybridized carbons (Fsp3) is 0.750. The Morgan fingerprint density at radius 3 is 2.43 bits per heavy atom. The van der Waals surface area contributed by atoms with Crippen LogP contribution in [0.1, 0.15) is 0 Å². The third-order valence-corrected chi connectivity index (χ3v) is 0.491.